The fourth-order valence-electron chi connectivity index (χ4n) is 1.76. The SMILES string of the molecule is CNc1cc(C(F)F)nc2c(C)ccc(Cl)c12. The third kappa shape index (κ3) is 2.05. The summed E-state index contributed by atoms with van der Waals surface area (Å²) in [4.78, 5) is 3.97. The first-order valence-corrected chi connectivity index (χ1v) is 5.48. The van der Waals surface area contributed by atoms with Crippen LogP contribution in [-0.4, -0.2) is 12.0 Å². The normalized spacial score (nSPS) is 11.2. The van der Waals surface area contributed by atoms with E-state index in [1.807, 2.05) is 6.92 Å². The van der Waals surface area contributed by atoms with Crippen LogP contribution in [-0.2, 0) is 0 Å². The lowest BCUT2D eigenvalue weighted by molar-refractivity contribution is 0.146. The van der Waals surface area contributed by atoms with Crippen molar-refractivity contribution in [1.82, 2.24) is 4.98 Å². The van der Waals surface area contributed by atoms with Crippen molar-refractivity contribution in [3.8, 4) is 0 Å². The van der Waals surface area contributed by atoms with Gasteiger partial charge in [0.1, 0.15) is 5.69 Å². The van der Waals surface area contributed by atoms with Gasteiger partial charge in [-0.05, 0) is 24.6 Å². The fraction of sp³-hybridized carbons (Fsp3) is 0.250. The first-order valence-electron chi connectivity index (χ1n) is 5.10. The first-order chi connectivity index (χ1) is 8.04. The second-order valence-corrected chi connectivity index (χ2v) is 4.14. The van der Waals surface area contributed by atoms with E-state index < -0.39 is 6.43 Å². The molecule has 2 rings (SSSR count). The summed E-state index contributed by atoms with van der Waals surface area (Å²) < 4.78 is 25.4. The average Bonchev–Trinajstić information content (AvgIpc) is 2.32. The molecule has 0 bridgehead atoms. The van der Waals surface area contributed by atoms with E-state index in [0.29, 0.717) is 21.6 Å². The number of aryl methyl sites for hydroxylation is 1. The van der Waals surface area contributed by atoms with Gasteiger partial charge in [-0.1, -0.05) is 17.7 Å². The Labute approximate surface area is 103 Å². The van der Waals surface area contributed by atoms with Crippen molar-refractivity contribution in [3.63, 3.8) is 0 Å². The summed E-state index contributed by atoms with van der Waals surface area (Å²) in [5.74, 6) is 0. The third-order valence-corrected chi connectivity index (χ3v) is 2.94. The molecule has 5 heteroatoms. The standard InChI is InChI=1S/C12H11ClF2N2/c1-6-3-4-7(13)10-8(16-2)5-9(12(14)15)17-11(6)10/h3-5,12H,1-2H3,(H,16,17). The number of hydrogen-bond donors (Lipinski definition) is 1. The molecule has 0 saturated carbocycles. The molecule has 2 nitrogen and oxygen atoms in total. The number of hydrogen-bond acceptors (Lipinski definition) is 2. The molecule has 0 fully saturated rings. The number of halogens is 3. The van der Waals surface area contributed by atoms with Gasteiger partial charge < -0.3 is 5.32 Å². The van der Waals surface area contributed by atoms with Gasteiger partial charge in [0.25, 0.3) is 6.43 Å². The predicted octanol–water partition coefficient (Wildman–Crippen LogP) is 4.18. The highest BCUT2D eigenvalue weighted by Crippen LogP contribution is 2.33. The van der Waals surface area contributed by atoms with Gasteiger partial charge >= 0.3 is 0 Å². The maximum atomic E-state index is 12.7. The summed E-state index contributed by atoms with van der Waals surface area (Å²) in [5, 5.41) is 4.06. The highest BCUT2D eigenvalue weighted by molar-refractivity contribution is 6.36. The van der Waals surface area contributed by atoms with Gasteiger partial charge in [0.2, 0.25) is 0 Å². The van der Waals surface area contributed by atoms with Gasteiger partial charge in [-0.3, -0.25) is 0 Å². The number of alkyl halides is 2. The van der Waals surface area contributed by atoms with Crippen molar-refractivity contribution < 1.29 is 8.78 Å². The van der Waals surface area contributed by atoms with E-state index in [-0.39, 0.29) is 5.69 Å². The van der Waals surface area contributed by atoms with Crippen LogP contribution in [0.4, 0.5) is 14.5 Å². The topological polar surface area (TPSA) is 24.9 Å². The van der Waals surface area contributed by atoms with Crippen LogP contribution in [0.3, 0.4) is 0 Å². The minimum atomic E-state index is -2.59. The molecule has 1 aromatic carbocycles. The van der Waals surface area contributed by atoms with E-state index in [9.17, 15) is 8.78 Å². The maximum absolute atomic E-state index is 12.7. The van der Waals surface area contributed by atoms with Crippen LogP contribution >= 0.6 is 11.6 Å². The Bertz CT molecular complexity index is 570. The van der Waals surface area contributed by atoms with Gasteiger partial charge in [-0.25, -0.2) is 13.8 Å². The van der Waals surface area contributed by atoms with Gasteiger partial charge in [-0.2, -0.15) is 0 Å². The Kier molecular flexibility index (Phi) is 3.15. The molecular weight excluding hydrogens is 246 g/mol. The average molecular weight is 257 g/mol. The summed E-state index contributed by atoms with van der Waals surface area (Å²) in [5.41, 5.74) is 1.66. The molecule has 1 aromatic heterocycles. The molecule has 0 aliphatic rings. The van der Waals surface area contributed by atoms with Crippen LogP contribution in [0.15, 0.2) is 18.2 Å². The lowest BCUT2D eigenvalue weighted by Gasteiger charge is -2.11. The van der Waals surface area contributed by atoms with Gasteiger partial charge in [0.15, 0.2) is 0 Å². The first kappa shape index (κ1) is 12.0. The zero-order chi connectivity index (χ0) is 12.6. The number of pyridine rings is 1. The quantitative estimate of drug-likeness (QED) is 0.872. The van der Waals surface area contributed by atoms with Crippen LogP contribution in [0.1, 0.15) is 17.7 Å². The second-order valence-electron chi connectivity index (χ2n) is 3.73. The number of nitrogens with one attached hydrogen (secondary N) is 1. The number of rotatable bonds is 2. The Balaban J connectivity index is 2.87. The molecule has 1 N–H and O–H groups in total. The number of anilines is 1. The molecule has 0 radical (unpaired) electrons. The van der Waals surface area contributed by atoms with Crippen LogP contribution in [0.25, 0.3) is 10.9 Å². The van der Waals surface area contributed by atoms with Crippen LogP contribution in [0, 0.1) is 6.92 Å². The molecule has 0 atom stereocenters. The largest absolute Gasteiger partial charge is 0.387 e. The summed E-state index contributed by atoms with van der Waals surface area (Å²) in [6.45, 7) is 1.82. The Hall–Kier alpha value is -1.42. The van der Waals surface area contributed by atoms with E-state index in [4.69, 9.17) is 11.6 Å². The molecular formula is C12H11ClF2N2. The molecule has 17 heavy (non-hydrogen) atoms. The zero-order valence-corrected chi connectivity index (χ0v) is 10.1. The van der Waals surface area contributed by atoms with E-state index >= 15 is 0 Å². The lowest BCUT2D eigenvalue weighted by atomic mass is 10.1. The number of fused-ring (bicyclic) bond motifs is 1. The maximum Gasteiger partial charge on any atom is 0.280 e. The molecule has 1 heterocycles. The summed E-state index contributed by atoms with van der Waals surface area (Å²) in [6.07, 6.45) is -2.59. The second kappa shape index (κ2) is 4.45. The van der Waals surface area contributed by atoms with Crippen molar-refractivity contribution in [2.24, 2.45) is 0 Å². The molecule has 2 aromatic rings. The van der Waals surface area contributed by atoms with E-state index in [1.165, 1.54) is 6.07 Å². The molecule has 0 saturated heterocycles. The summed E-state index contributed by atoms with van der Waals surface area (Å²) in [6, 6.07) is 4.84. The number of nitrogens with zero attached hydrogens (tertiary/aromatic N) is 1. The predicted molar refractivity (Wildman–Crippen MR) is 66.0 cm³/mol. The van der Waals surface area contributed by atoms with E-state index in [2.05, 4.69) is 10.3 Å². The Morgan fingerprint density at radius 1 is 1.35 bits per heavy atom. The molecule has 0 unspecified atom stereocenters. The van der Waals surface area contributed by atoms with Gasteiger partial charge in [0.05, 0.1) is 10.5 Å². The Morgan fingerprint density at radius 2 is 2.06 bits per heavy atom. The van der Waals surface area contributed by atoms with E-state index in [1.54, 1.807) is 19.2 Å². The smallest absolute Gasteiger partial charge is 0.280 e. The van der Waals surface area contributed by atoms with Crippen molar-refractivity contribution in [1.29, 1.82) is 0 Å². The summed E-state index contributed by atoms with van der Waals surface area (Å²) in [7, 11) is 1.67. The Morgan fingerprint density at radius 3 is 2.65 bits per heavy atom. The summed E-state index contributed by atoms with van der Waals surface area (Å²) >= 11 is 6.08. The number of benzene rings is 1. The minimum Gasteiger partial charge on any atom is -0.387 e. The molecule has 0 spiro atoms. The molecule has 0 amide bonds. The van der Waals surface area contributed by atoms with Crippen molar-refractivity contribution in [3.05, 3.63) is 34.5 Å². The minimum absolute atomic E-state index is 0.243. The molecule has 0 aliphatic carbocycles. The highest BCUT2D eigenvalue weighted by Gasteiger charge is 2.15. The van der Waals surface area contributed by atoms with E-state index in [0.717, 1.165) is 5.56 Å². The molecule has 90 valence electrons. The van der Waals surface area contributed by atoms with Gasteiger partial charge in [0, 0.05) is 18.1 Å². The zero-order valence-electron chi connectivity index (χ0n) is 9.39. The highest BCUT2D eigenvalue weighted by atomic mass is 35.5. The lowest BCUT2D eigenvalue weighted by Crippen LogP contribution is -1.98. The molecule has 0 aliphatic heterocycles. The fourth-order valence-corrected chi connectivity index (χ4v) is 2.02. The van der Waals surface area contributed by atoms with Crippen LogP contribution in [0.2, 0.25) is 5.02 Å². The van der Waals surface area contributed by atoms with Crippen LogP contribution < -0.4 is 5.32 Å². The monoisotopic (exact) mass is 256 g/mol. The number of aromatic nitrogens is 1. The van der Waals surface area contributed by atoms with Crippen molar-refractivity contribution >= 4 is 28.2 Å². The van der Waals surface area contributed by atoms with Gasteiger partial charge in [-0.15, -0.1) is 0 Å². The van der Waals surface area contributed by atoms with Crippen LogP contribution in [0.5, 0.6) is 0 Å². The van der Waals surface area contributed by atoms with Crippen molar-refractivity contribution in [2.75, 3.05) is 12.4 Å². The third-order valence-electron chi connectivity index (χ3n) is 2.62. The van der Waals surface area contributed by atoms with Crippen molar-refractivity contribution in [2.45, 2.75) is 13.3 Å².